The Morgan fingerprint density at radius 2 is 2.06 bits per heavy atom. The molecule has 1 N–H and O–H groups in total. The van der Waals surface area contributed by atoms with Gasteiger partial charge in [0, 0.05) is 9.75 Å². The third kappa shape index (κ3) is 2.56. The second-order valence-corrected chi connectivity index (χ2v) is 6.45. The summed E-state index contributed by atoms with van der Waals surface area (Å²) in [7, 11) is 1.99. The van der Waals surface area contributed by atoms with Gasteiger partial charge >= 0.3 is 0 Å². The topological polar surface area (TPSA) is 37.8 Å². The monoisotopic (exact) mass is 267 g/mol. The van der Waals surface area contributed by atoms with E-state index >= 15 is 0 Å². The number of nitrogens with zero attached hydrogens (tertiary/aromatic N) is 2. The van der Waals surface area contributed by atoms with E-state index in [1.165, 1.54) is 26.2 Å². The van der Waals surface area contributed by atoms with Crippen molar-refractivity contribution in [2.24, 2.45) is 0 Å². The molecular weight excluding hydrogens is 250 g/mol. The van der Waals surface area contributed by atoms with Gasteiger partial charge in [-0.1, -0.05) is 18.3 Å². The average Bonchev–Trinajstić information content (AvgIpc) is 2.89. The molecule has 5 heteroatoms. The van der Waals surface area contributed by atoms with Crippen LogP contribution in [0.25, 0.3) is 0 Å². The molecule has 0 saturated heterocycles. The van der Waals surface area contributed by atoms with E-state index in [2.05, 4.69) is 47.8 Å². The number of hydrogen-bond acceptors (Lipinski definition) is 5. The molecule has 2 aromatic rings. The molecule has 17 heavy (non-hydrogen) atoms. The molecule has 0 radical (unpaired) electrons. The van der Waals surface area contributed by atoms with E-state index in [4.69, 9.17) is 0 Å². The average molecular weight is 267 g/mol. The lowest BCUT2D eigenvalue weighted by atomic mass is 10.1. The van der Waals surface area contributed by atoms with Gasteiger partial charge in [0.2, 0.25) is 0 Å². The molecule has 0 spiro atoms. The highest BCUT2D eigenvalue weighted by atomic mass is 32.1. The predicted molar refractivity (Wildman–Crippen MR) is 74.0 cm³/mol. The molecule has 0 amide bonds. The minimum Gasteiger partial charge on any atom is -0.308 e. The van der Waals surface area contributed by atoms with Crippen LogP contribution in [0.4, 0.5) is 0 Å². The normalized spacial score (nSPS) is 13.2. The van der Waals surface area contributed by atoms with Crippen LogP contribution >= 0.6 is 22.9 Å². The quantitative estimate of drug-likeness (QED) is 0.923. The van der Waals surface area contributed by atoms with E-state index in [1.807, 2.05) is 18.4 Å². The lowest BCUT2D eigenvalue weighted by molar-refractivity contribution is 0.688. The molecule has 2 rings (SSSR count). The number of thiophene rings is 1. The van der Waals surface area contributed by atoms with E-state index in [1.54, 1.807) is 0 Å². The molecule has 0 aliphatic heterocycles. The first-order valence-corrected chi connectivity index (χ1v) is 7.28. The number of nitrogens with one attached hydrogen (secondary N) is 1. The van der Waals surface area contributed by atoms with Gasteiger partial charge in [0.15, 0.2) is 0 Å². The molecule has 2 aromatic heterocycles. The number of hydrogen-bond donors (Lipinski definition) is 1. The third-order valence-electron chi connectivity index (χ3n) is 2.68. The number of aryl methyl sites for hydroxylation is 1. The fourth-order valence-electron chi connectivity index (χ4n) is 1.82. The van der Waals surface area contributed by atoms with E-state index in [0.717, 1.165) is 5.69 Å². The molecule has 1 atom stereocenters. The summed E-state index contributed by atoms with van der Waals surface area (Å²) in [5, 5.41) is 7.62. The standard InChI is InChI=1S/C12H17N3S2/c1-7(2)10-12(17-15-14-10)11(13-4)9-6-5-8(3)16-9/h5-7,11,13H,1-4H3. The first kappa shape index (κ1) is 12.7. The van der Waals surface area contributed by atoms with Gasteiger partial charge in [0.05, 0.1) is 16.6 Å². The summed E-state index contributed by atoms with van der Waals surface area (Å²) in [4.78, 5) is 3.91. The molecule has 0 aliphatic rings. The van der Waals surface area contributed by atoms with Crippen molar-refractivity contribution in [1.29, 1.82) is 0 Å². The van der Waals surface area contributed by atoms with Crippen LogP contribution in [0, 0.1) is 6.92 Å². The van der Waals surface area contributed by atoms with Gasteiger partial charge in [0.1, 0.15) is 0 Å². The Hall–Kier alpha value is -0.780. The Kier molecular flexibility index (Phi) is 3.91. The van der Waals surface area contributed by atoms with Crippen LogP contribution in [0.1, 0.15) is 46.1 Å². The van der Waals surface area contributed by atoms with Gasteiger partial charge in [-0.05, 0) is 43.6 Å². The molecule has 2 heterocycles. The van der Waals surface area contributed by atoms with Gasteiger partial charge in [0.25, 0.3) is 0 Å². The SMILES string of the molecule is CNC(c1ccc(C)s1)c1snnc1C(C)C. The van der Waals surface area contributed by atoms with Gasteiger partial charge in [-0.2, -0.15) is 0 Å². The Bertz CT molecular complexity index is 487. The van der Waals surface area contributed by atoms with Crippen LogP contribution < -0.4 is 5.32 Å². The van der Waals surface area contributed by atoms with Crippen molar-refractivity contribution in [2.75, 3.05) is 7.05 Å². The van der Waals surface area contributed by atoms with Crippen molar-refractivity contribution >= 4 is 22.9 Å². The largest absolute Gasteiger partial charge is 0.308 e. The fourth-order valence-corrected chi connectivity index (χ4v) is 3.83. The number of rotatable bonds is 4. The summed E-state index contributed by atoms with van der Waals surface area (Å²) >= 11 is 3.33. The van der Waals surface area contributed by atoms with Gasteiger partial charge < -0.3 is 5.32 Å². The lowest BCUT2D eigenvalue weighted by Crippen LogP contribution is -2.17. The zero-order valence-corrected chi connectivity index (χ0v) is 12.2. The maximum absolute atomic E-state index is 4.25. The van der Waals surface area contributed by atoms with Crippen molar-refractivity contribution in [3.63, 3.8) is 0 Å². The van der Waals surface area contributed by atoms with Crippen LogP contribution in [0.3, 0.4) is 0 Å². The zero-order valence-electron chi connectivity index (χ0n) is 10.5. The summed E-state index contributed by atoms with van der Waals surface area (Å²) in [6, 6.07) is 4.57. The minimum atomic E-state index is 0.228. The molecule has 1 unspecified atom stereocenters. The highest BCUT2D eigenvalue weighted by molar-refractivity contribution is 7.12. The summed E-state index contributed by atoms with van der Waals surface area (Å²) < 4.78 is 4.10. The summed E-state index contributed by atoms with van der Waals surface area (Å²) in [6.07, 6.45) is 0. The van der Waals surface area contributed by atoms with Gasteiger partial charge in [-0.3, -0.25) is 0 Å². The Labute approximate surface area is 110 Å². The molecule has 92 valence electrons. The van der Waals surface area contributed by atoms with Crippen molar-refractivity contribution in [2.45, 2.75) is 32.7 Å². The van der Waals surface area contributed by atoms with Crippen LogP contribution in [-0.2, 0) is 0 Å². The van der Waals surface area contributed by atoms with E-state index in [9.17, 15) is 0 Å². The predicted octanol–water partition coefficient (Wildman–Crippen LogP) is 3.34. The summed E-state index contributed by atoms with van der Waals surface area (Å²) in [5.74, 6) is 0.417. The molecule has 0 saturated carbocycles. The molecule has 0 aromatic carbocycles. The van der Waals surface area contributed by atoms with Gasteiger partial charge in [-0.15, -0.1) is 16.4 Å². The molecule has 3 nitrogen and oxygen atoms in total. The maximum atomic E-state index is 4.25. The summed E-state index contributed by atoms with van der Waals surface area (Å²) in [6.45, 7) is 6.45. The lowest BCUT2D eigenvalue weighted by Gasteiger charge is -2.14. The molecule has 0 aliphatic carbocycles. The van der Waals surface area contributed by atoms with Crippen LogP contribution in [0.5, 0.6) is 0 Å². The van der Waals surface area contributed by atoms with Crippen LogP contribution in [0.15, 0.2) is 12.1 Å². The maximum Gasteiger partial charge on any atom is 0.0832 e. The third-order valence-corrected chi connectivity index (χ3v) is 4.55. The molecule has 0 bridgehead atoms. The van der Waals surface area contributed by atoms with Crippen molar-refractivity contribution in [1.82, 2.24) is 14.9 Å². The zero-order chi connectivity index (χ0) is 12.4. The summed E-state index contributed by atoms with van der Waals surface area (Å²) in [5.41, 5.74) is 1.11. The van der Waals surface area contributed by atoms with Crippen LogP contribution in [-0.4, -0.2) is 16.6 Å². The Balaban J connectivity index is 2.38. The minimum absolute atomic E-state index is 0.228. The van der Waals surface area contributed by atoms with Gasteiger partial charge in [-0.25, -0.2) is 0 Å². The van der Waals surface area contributed by atoms with E-state index in [0.29, 0.717) is 5.92 Å². The first-order chi connectivity index (χ1) is 8.13. The smallest absolute Gasteiger partial charge is 0.0832 e. The highest BCUT2D eigenvalue weighted by Gasteiger charge is 2.22. The molecule has 0 fully saturated rings. The highest BCUT2D eigenvalue weighted by Crippen LogP contribution is 2.33. The first-order valence-electron chi connectivity index (χ1n) is 5.69. The van der Waals surface area contributed by atoms with E-state index in [-0.39, 0.29) is 6.04 Å². The fraction of sp³-hybridized carbons (Fsp3) is 0.500. The van der Waals surface area contributed by atoms with E-state index < -0.39 is 0 Å². The molecular formula is C12H17N3S2. The Morgan fingerprint density at radius 1 is 1.29 bits per heavy atom. The van der Waals surface area contributed by atoms with Crippen molar-refractivity contribution in [3.8, 4) is 0 Å². The second-order valence-electron chi connectivity index (χ2n) is 4.35. The van der Waals surface area contributed by atoms with Crippen molar-refractivity contribution < 1.29 is 0 Å². The van der Waals surface area contributed by atoms with Crippen LogP contribution in [0.2, 0.25) is 0 Å². The van der Waals surface area contributed by atoms with Crippen molar-refractivity contribution in [3.05, 3.63) is 32.5 Å². The second kappa shape index (κ2) is 5.25. The Morgan fingerprint density at radius 3 is 2.59 bits per heavy atom. The number of aromatic nitrogens is 2.